The maximum Gasteiger partial charge on any atom is 0.0468 e. The summed E-state index contributed by atoms with van der Waals surface area (Å²) in [5, 5.41) is 4.32. The smallest absolute Gasteiger partial charge is 0.0468 e. The van der Waals surface area contributed by atoms with Crippen molar-refractivity contribution < 1.29 is 4.74 Å². The molecular formula is C16H24ClNO. The van der Waals surface area contributed by atoms with Crippen LogP contribution in [0.15, 0.2) is 24.3 Å². The van der Waals surface area contributed by atoms with Crippen molar-refractivity contribution in [3.8, 4) is 0 Å². The van der Waals surface area contributed by atoms with Gasteiger partial charge in [0.2, 0.25) is 0 Å². The Bertz CT molecular complexity index is 377. The van der Waals surface area contributed by atoms with Gasteiger partial charge in [0.25, 0.3) is 0 Å². The van der Waals surface area contributed by atoms with E-state index in [2.05, 4.69) is 30.4 Å². The number of rotatable bonds is 6. The Kier molecular flexibility index (Phi) is 6.15. The van der Waals surface area contributed by atoms with Gasteiger partial charge in [-0.1, -0.05) is 30.7 Å². The first-order chi connectivity index (χ1) is 9.29. The Morgan fingerprint density at radius 1 is 1.37 bits per heavy atom. The number of hydrogen-bond donors (Lipinski definition) is 1. The summed E-state index contributed by atoms with van der Waals surface area (Å²) in [5.74, 6) is 1.35. The Morgan fingerprint density at radius 2 is 2.16 bits per heavy atom. The van der Waals surface area contributed by atoms with Crippen molar-refractivity contribution in [1.29, 1.82) is 0 Å². The molecule has 1 unspecified atom stereocenters. The molecule has 1 aromatic carbocycles. The fourth-order valence-electron chi connectivity index (χ4n) is 2.80. The molecule has 1 saturated heterocycles. The van der Waals surface area contributed by atoms with E-state index < -0.39 is 0 Å². The van der Waals surface area contributed by atoms with Crippen LogP contribution >= 0.6 is 11.6 Å². The lowest BCUT2D eigenvalue weighted by atomic mass is 9.85. The minimum Gasteiger partial charge on any atom is -0.381 e. The Morgan fingerprint density at radius 3 is 2.84 bits per heavy atom. The first-order valence-electron chi connectivity index (χ1n) is 7.33. The van der Waals surface area contributed by atoms with E-state index >= 15 is 0 Å². The van der Waals surface area contributed by atoms with Crippen molar-refractivity contribution in [3.05, 3.63) is 34.9 Å². The third kappa shape index (κ3) is 4.79. The molecule has 1 aliphatic heterocycles. The van der Waals surface area contributed by atoms with Gasteiger partial charge < -0.3 is 10.1 Å². The predicted molar refractivity (Wildman–Crippen MR) is 80.9 cm³/mol. The molecule has 106 valence electrons. The molecule has 3 heteroatoms. The molecule has 1 aliphatic rings. The van der Waals surface area contributed by atoms with Gasteiger partial charge in [-0.2, -0.15) is 0 Å². The third-order valence-corrected chi connectivity index (χ3v) is 4.15. The first-order valence-corrected chi connectivity index (χ1v) is 7.71. The second kappa shape index (κ2) is 7.88. The van der Waals surface area contributed by atoms with Crippen LogP contribution in [0, 0.1) is 5.92 Å². The molecular weight excluding hydrogens is 258 g/mol. The van der Waals surface area contributed by atoms with E-state index in [-0.39, 0.29) is 0 Å². The number of nitrogens with one attached hydrogen (secondary N) is 1. The lowest BCUT2D eigenvalue weighted by molar-refractivity contribution is 0.0616. The molecule has 1 atom stereocenters. The molecule has 0 aromatic heterocycles. The fourth-order valence-corrected chi connectivity index (χ4v) is 3.00. The summed E-state index contributed by atoms with van der Waals surface area (Å²) in [6.45, 7) is 6.06. The number of halogens is 1. The van der Waals surface area contributed by atoms with Gasteiger partial charge in [0.1, 0.15) is 0 Å². The Labute approximate surface area is 121 Å². The monoisotopic (exact) mass is 281 g/mol. The van der Waals surface area contributed by atoms with Gasteiger partial charge in [-0.3, -0.25) is 0 Å². The quantitative estimate of drug-likeness (QED) is 0.855. The zero-order valence-electron chi connectivity index (χ0n) is 11.7. The van der Waals surface area contributed by atoms with E-state index in [1.807, 2.05) is 6.07 Å². The van der Waals surface area contributed by atoms with Crippen LogP contribution in [0.25, 0.3) is 0 Å². The lowest BCUT2D eigenvalue weighted by Crippen LogP contribution is -2.25. The summed E-state index contributed by atoms with van der Waals surface area (Å²) in [4.78, 5) is 0. The van der Waals surface area contributed by atoms with Crippen LogP contribution in [-0.2, 0) is 4.74 Å². The minimum absolute atomic E-state index is 0.557. The van der Waals surface area contributed by atoms with Crippen molar-refractivity contribution in [1.82, 2.24) is 5.32 Å². The highest BCUT2D eigenvalue weighted by Gasteiger charge is 2.20. The average Bonchev–Trinajstić information content (AvgIpc) is 2.44. The van der Waals surface area contributed by atoms with Crippen LogP contribution in [0.5, 0.6) is 0 Å². The van der Waals surface area contributed by atoms with Gasteiger partial charge in [0.05, 0.1) is 0 Å². The minimum atomic E-state index is 0.557. The van der Waals surface area contributed by atoms with Crippen molar-refractivity contribution in [3.63, 3.8) is 0 Å². The normalized spacial score (nSPS) is 18.4. The first kappa shape index (κ1) is 14.8. The molecule has 0 amide bonds. The Balaban J connectivity index is 2.01. The van der Waals surface area contributed by atoms with Gasteiger partial charge in [-0.05, 0) is 55.3 Å². The highest BCUT2D eigenvalue weighted by atomic mass is 35.5. The molecule has 0 spiro atoms. The zero-order chi connectivity index (χ0) is 13.5. The third-order valence-electron chi connectivity index (χ3n) is 3.92. The molecule has 1 N–H and O–H groups in total. The number of hydrogen-bond acceptors (Lipinski definition) is 2. The predicted octanol–water partition coefficient (Wildman–Crippen LogP) is 3.85. The second-order valence-electron chi connectivity index (χ2n) is 5.35. The molecule has 0 saturated carbocycles. The molecule has 0 bridgehead atoms. The molecule has 0 aliphatic carbocycles. The SMILES string of the molecule is CCNCC(CC1CCOCC1)c1cccc(Cl)c1. The molecule has 2 rings (SSSR count). The van der Waals surface area contributed by atoms with Crippen molar-refractivity contribution >= 4 is 11.6 Å². The molecule has 1 aromatic rings. The summed E-state index contributed by atoms with van der Waals surface area (Å²) in [6, 6.07) is 8.32. The van der Waals surface area contributed by atoms with Crippen LogP contribution in [0.3, 0.4) is 0 Å². The topological polar surface area (TPSA) is 21.3 Å². The summed E-state index contributed by atoms with van der Waals surface area (Å²) < 4.78 is 5.45. The maximum absolute atomic E-state index is 6.13. The highest BCUT2D eigenvalue weighted by Crippen LogP contribution is 2.30. The van der Waals surface area contributed by atoms with Crippen molar-refractivity contribution in [2.75, 3.05) is 26.3 Å². The van der Waals surface area contributed by atoms with E-state index in [1.54, 1.807) is 0 Å². The standard InChI is InChI=1S/C16H24ClNO/c1-2-18-12-15(10-13-6-8-19-9-7-13)14-4-3-5-16(17)11-14/h3-5,11,13,15,18H,2,6-10,12H2,1H3. The van der Waals surface area contributed by atoms with Gasteiger partial charge in [-0.15, -0.1) is 0 Å². The summed E-state index contributed by atoms with van der Waals surface area (Å²) in [5.41, 5.74) is 1.36. The number of benzene rings is 1. The van der Waals surface area contributed by atoms with Crippen LogP contribution in [-0.4, -0.2) is 26.3 Å². The van der Waals surface area contributed by atoms with Gasteiger partial charge in [0.15, 0.2) is 0 Å². The van der Waals surface area contributed by atoms with E-state index in [4.69, 9.17) is 16.3 Å². The van der Waals surface area contributed by atoms with Crippen LogP contribution in [0.1, 0.15) is 37.7 Å². The molecule has 1 heterocycles. The largest absolute Gasteiger partial charge is 0.381 e. The Hall–Kier alpha value is -0.570. The van der Waals surface area contributed by atoms with E-state index in [9.17, 15) is 0 Å². The van der Waals surface area contributed by atoms with Gasteiger partial charge in [-0.25, -0.2) is 0 Å². The second-order valence-corrected chi connectivity index (χ2v) is 5.79. The molecule has 19 heavy (non-hydrogen) atoms. The molecule has 0 radical (unpaired) electrons. The highest BCUT2D eigenvalue weighted by molar-refractivity contribution is 6.30. The van der Waals surface area contributed by atoms with Crippen LogP contribution in [0.2, 0.25) is 5.02 Å². The maximum atomic E-state index is 6.13. The van der Waals surface area contributed by atoms with Crippen molar-refractivity contribution in [2.45, 2.75) is 32.1 Å². The molecule has 2 nitrogen and oxygen atoms in total. The zero-order valence-corrected chi connectivity index (χ0v) is 12.5. The lowest BCUT2D eigenvalue weighted by Gasteiger charge is -2.27. The van der Waals surface area contributed by atoms with Crippen molar-refractivity contribution in [2.24, 2.45) is 5.92 Å². The summed E-state index contributed by atoms with van der Waals surface area (Å²) in [7, 11) is 0. The summed E-state index contributed by atoms with van der Waals surface area (Å²) >= 11 is 6.13. The van der Waals surface area contributed by atoms with Crippen LogP contribution in [0.4, 0.5) is 0 Å². The fraction of sp³-hybridized carbons (Fsp3) is 0.625. The number of ether oxygens (including phenoxy) is 1. The van der Waals surface area contributed by atoms with E-state index in [1.165, 1.54) is 24.8 Å². The summed E-state index contributed by atoms with van der Waals surface area (Å²) in [6.07, 6.45) is 3.63. The van der Waals surface area contributed by atoms with Crippen LogP contribution < -0.4 is 5.32 Å². The van der Waals surface area contributed by atoms with E-state index in [0.29, 0.717) is 5.92 Å². The number of likely N-dealkylation sites (N-methyl/N-ethyl adjacent to an activating group) is 1. The molecule has 1 fully saturated rings. The van der Waals surface area contributed by atoms with Gasteiger partial charge >= 0.3 is 0 Å². The average molecular weight is 282 g/mol. The van der Waals surface area contributed by atoms with Gasteiger partial charge in [0, 0.05) is 24.8 Å². The van der Waals surface area contributed by atoms with E-state index in [0.717, 1.165) is 37.2 Å².